The van der Waals surface area contributed by atoms with Crippen molar-refractivity contribution in [3.05, 3.63) is 36.8 Å². The number of nitriles is 1. The van der Waals surface area contributed by atoms with Crippen LogP contribution >= 0.6 is 7.60 Å². The van der Waals surface area contributed by atoms with E-state index in [4.69, 9.17) is 25.5 Å². The molecule has 0 aliphatic heterocycles. The number of ether oxygens (including phenoxy) is 1. The van der Waals surface area contributed by atoms with E-state index >= 15 is 0 Å². The van der Waals surface area contributed by atoms with Gasteiger partial charge in [0.25, 0.3) is 0 Å². The Morgan fingerprint density at radius 2 is 2.00 bits per heavy atom. The molecule has 158 valence electrons. The first kappa shape index (κ1) is 21.7. The van der Waals surface area contributed by atoms with Crippen LogP contribution in [-0.4, -0.2) is 62.1 Å². The van der Waals surface area contributed by atoms with Crippen LogP contribution in [0.4, 0.5) is 5.82 Å². The Morgan fingerprint density at radius 3 is 2.63 bits per heavy atom. The van der Waals surface area contributed by atoms with Crippen molar-refractivity contribution in [2.24, 2.45) is 0 Å². The van der Waals surface area contributed by atoms with Gasteiger partial charge in [0.15, 0.2) is 0 Å². The Kier molecular flexibility index (Phi) is 6.70. The lowest BCUT2D eigenvalue weighted by molar-refractivity contribution is 0.297. The molecule has 0 radical (unpaired) electrons. The van der Waals surface area contributed by atoms with Crippen molar-refractivity contribution < 1.29 is 19.1 Å². The average Bonchev–Trinajstić information content (AvgIpc) is 3.09. The third-order valence-corrected chi connectivity index (χ3v) is 5.53. The first-order chi connectivity index (χ1) is 14.3. The molecule has 0 atom stereocenters. The first-order valence-corrected chi connectivity index (χ1v) is 11.0. The van der Waals surface area contributed by atoms with Crippen LogP contribution in [0.3, 0.4) is 0 Å². The fourth-order valence-electron chi connectivity index (χ4n) is 3.20. The highest BCUT2D eigenvalue weighted by molar-refractivity contribution is 7.51. The number of nitrogen functional groups attached to an aromatic ring is 1. The second-order valence-corrected chi connectivity index (χ2v) is 8.52. The van der Waals surface area contributed by atoms with Gasteiger partial charge in [0.1, 0.15) is 23.5 Å². The second-order valence-electron chi connectivity index (χ2n) is 6.74. The number of hydrogen-bond acceptors (Lipinski definition) is 7. The molecule has 30 heavy (non-hydrogen) atoms. The van der Waals surface area contributed by atoms with Gasteiger partial charge >= 0.3 is 7.60 Å². The summed E-state index contributed by atoms with van der Waals surface area (Å²) in [6.45, 7) is 1.08. The Balaban J connectivity index is 1.89. The van der Waals surface area contributed by atoms with Gasteiger partial charge in [0.05, 0.1) is 31.3 Å². The molecular weight excluding hydrogens is 407 g/mol. The highest BCUT2D eigenvalue weighted by Gasteiger charge is 2.18. The Bertz CT molecular complexity index is 1100. The maximum absolute atomic E-state index is 11.2. The molecule has 0 bridgehead atoms. The molecule has 11 heteroatoms. The molecule has 0 aliphatic carbocycles. The summed E-state index contributed by atoms with van der Waals surface area (Å²) in [6, 6.07) is 9.59. The van der Waals surface area contributed by atoms with Crippen molar-refractivity contribution in [3.63, 3.8) is 0 Å². The Labute approximate surface area is 173 Å². The molecule has 0 saturated heterocycles. The predicted molar refractivity (Wildman–Crippen MR) is 113 cm³/mol. The molecule has 0 unspecified atom stereocenters. The number of rotatable bonds is 9. The maximum atomic E-state index is 11.2. The quantitative estimate of drug-likeness (QED) is 0.340. The van der Waals surface area contributed by atoms with Crippen LogP contribution in [-0.2, 0) is 11.1 Å². The van der Waals surface area contributed by atoms with E-state index in [-0.39, 0.29) is 19.3 Å². The molecule has 1 aromatic carbocycles. The topological polar surface area (TPSA) is 151 Å². The molecule has 0 fully saturated rings. The molecule has 10 nitrogen and oxygen atoms in total. The molecule has 3 rings (SSSR count). The lowest BCUT2D eigenvalue weighted by Gasteiger charge is -2.19. The van der Waals surface area contributed by atoms with Gasteiger partial charge in [0.2, 0.25) is 0 Å². The zero-order chi connectivity index (χ0) is 21.7. The third-order valence-electron chi connectivity index (χ3n) is 4.74. The molecular formula is C19H23N6O4P. The fourth-order valence-corrected chi connectivity index (χ4v) is 3.74. The first-order valence-electron chi connectivity index (χ1n) is 9.20. The summed E-state index contributed by atoms with van der Waals surface area (Å²) in [6.07, 6.45) is 3.02. The predicted octanol–water partition coefficient (Wildman–Crippen LogP) is 1.69. The molecule has 0 aliphatic rings. The van der Waals surface area contributed by atoms with E-state index in [2.05, 4.69) is 9.97 Å². The lowest BCUT2D eigenvalue weighted by atomic mass is 10.1. The fraction of sp³-hybridized carbons (Fsp3) is 0.316. The number of nitrogens with zero attached hydrogens (tertiary/aromatic N) is 5. The largest absolute Gasteiger partial charge is 0.497 e. The average molecular weight is 430 g/mol. The van der Waals surface area contributed by atoms with Crippen LogP contribution < -0.4 is 10.5 Å². The van der Waals surface area contributed by atoms with Gasteiger partial charge < -0.3 is 24.8 Å². The lowest BCUT2D eigenvalue weighted by Crippen LogP contribution is -2.30. The Morgan fingerprint density at radius 1 is 1.27 bits per heavy atom. The van der Waals surface area contributed by atoms with E-state index in [9.17, 15) is 4.57 Å². The normalized spacial score (nSPS) is 11.7. The molecule has 0 spiro atoms. The van der Waals surface area contributed by atoms with Gasteiger partial charge in [-0.25, -0.2) is 9.97 Å². The molecule has 4 N–H and O–H groups in total. The number of methoxy groups -OCH3 is 1. The van der Waals surface area contributed by atoms with Crippen molar-refractivity contribution in [1.82, 2.24) is 19.4 Å². The van der Waals surface area contributed by atoms with Gasteiger partial charge in [-0.2, -0.15) is 5.26 Å². The molecule has 3 aromatic rings. The zero-order valence-electron chi connectivity index (χ0n) is 16.5. The molecule has 0 amide bonds. The van der Waals surface area contributed by atoms with Crippen LogP contribution in [0, 0.1) is 11.3 Å². The highest BCUT2D eigenvalue weighted by Crippen LogP contribution is 2.34. The van der Waals surface area contributed by atoms with E-state index in [0.717, 1.165) is 22.3 Å². The summed E-state index contributed by atoms with van der Waals surface area (Å²) in [5.41, 5.74) is 8.58. The Hall–Kier alpha value is -2.96. The summed E-state index contributed by atoms with van der Waals surface area (Å²) in [7, 11) is -2.53. The van der Waals surface area contributed by atoms with Gasteiger partial charge in [-0.05, 0) is 17.7 Å². The monoisotopic (exact) mass is 430 g/mol. The SMILES string of the molecule is COc1ccc(-c2cn(CCN(CC#N)CCP(=O)(O)O)c3ncnc(N)c23)cc1. The zero-order valence-corrected chi connectivity index (χ0v) is 17.4. The van der Waals surface area contributed by atoms with Crippen molar-refractivity contribution in [1.29, 1.82) is 5.26 Å². The van der Waals surface area contributed by atoms with Crippen molar-refractivity contribution in [3.8, 4) is 22.9 Å². The van der Waals surface area contributed by atoms with Gasteiger partial charge in [-0.3, -0.25) is 9.46 Å². The van der Waals surface area contributed by atoms with Crippen molar-refractivity contribution in [2.75, 3.05) is 38.6 Å². The number of anilines is 1. The smallest absolute Gasteiger partial charge is 0.326 e. The summed E-state index contributed by atoms with van der Waals surface area (Å²) in [5.74, 6) is 1.10. The molecule has 0 saturated carbocycles. The van der Waals surface area contributed by atoms with E-state index in [0.29, 0.717) is 24.6 Å². The van der Waals surface area contributed by atoms with Crippen LogP contribution in [0.5, 0.6) is 5.75 Å². The van der Waals surface area contributed by atoms with Crippen molar-refractivity contribution >= 4 is 24.4 Å². The minimum atomic E-state index is -4.13. The maximum Gasteiger partial charge on any atom is 0.326 e. The highest BCUT2D eigenvalue weighted by atomic mass is 31.2. The van der Waals surface area contributed by atoms with Crippen molar-refractivity contribution in [2.45, 2.75) is 6.54 Å². The van der Waals surface area contributed by atoms with E-state index in [1.165, 1.54) is 6.33 Å². The number of aromatic nitrogens is 3. The van der Waals surface area contributed by atoms with E-state index < -0.39 is 7.60 Å². The van der Waals surface area contributed by atoms with Crippen LogP contribution in [0.15, 0.2) is 36.8 Å². The van der Waals surface area contributed by atoms with Crippen LogP contribution in [0.25, 0.3) is 22.2 Å². The summed E-state index contributed by atoms with van der Waals surface area (Å²) < 4.78 is 18.3. The van der Waals surface area contributed by atoms with Crippen LogP contribution in [0.2, 0.25) is 0 Å². The number of nitrogens with two attached hydrogens (primary N) is 1. The number of benzene rings is 1. The summed E-state index contributed by atoms with van der Waals surface area (Å²) in [4.78, 5) is 28.4. The number of fused-ring (bicyclic) bond motifs is 1. The third kappa shape index (κ3) is 5.14. The van der Waals surface area contributed by atoms with E-state index in [1.54, 1.807) is 12.0 Å². The second kappa shape index (κ2) is 9.24. The molecule has 2 heterocycles. The van der Waals surface area contributed by atoms with Gasteiger partial charge in [-0.15, -0.1) is 0 Å². The van der Waals surface area contributed by atoms with Gasteiger partial charge in [0, 0.05) is 31.4 Å². The number of hydrogen-bond donors (Lipinski definition) is 3. The standard InChI is InChI=1S/C19H23N6O4P/c1-29-15-4-2-14(3-5-15)16-12-25(19-17(16)18(21)22-13-23-19)9-8-24(7-6-20)10-11-30(26,27)28/h2-5,12-13H,7-11H2,1H3,(H2,21,22,23)(H2,26,27,28). The summed E-state index contributed by atoms with van der Waals surface area (Å²) in [5, 5.41) is 9.75. The molecule has 2 aromatic heterocycles. The summed E-state index contributed by atoms with van der Waals surface area (Å²) >= 11 is 0. The minimum absolute atomic E-state index is 0.0711. The minimum Gasteiger partial charge on any atom is -0.497 e. The van der Waals surface area contributed by atoms with Gasteiger partial charge in [-0.1, -0.05) is 12.1 Å². The van der Waals surface area contributed by atoms with Crippen LogP contribution in [0.1, 0.15) is 0 Å². The van der Waals surface area contributed by atoms with E-state index in [1.807, 2.05) is 41.1 Å².